The molecule has 0 spiro atoms. The molecule has 1 aliphatic carbocycles. The van der Waals surface area contributed by atoms with E-state index in [1.807, 2.05) is 0 Å². The van der Waals surface area contributed by atoms with Crippen LogP contribution in [0.4, 0.5) is 5.82 Å². The predicted molar refractivity (Wildman–Crippen MR) is 67.6 cm³/mol. The van der Waals surface area contributed by atoms with Crippen molar-refractivity contribution in [3.8, 4) is 0 Å². The molecule has 1 heterocycles. The standard InChI is InChI=1S/C12H16ClN3O/c1-7-3-4-9(5-7)16-12-10(6-17)11(13)14-8(2)15-12/h6-7,9H,3-5H2,1-2H3,(H,14,15,16). The topological polar surface area (TPSA) is 54.9 Å². The molecular formula is C12H16ClN3O. The maximum absolute atomic E-state index is 11.0. The van der Waals surface area contributed by atoms with Crippen molar-refractivity contribution in [2.75, 3.05) is 5.32 Å². The molecule has 2 rings (SSSR count). The van der Waals surface area contributed by atoms with Gasteiger partial charge >= 0.3 is 0 Å². The quantitative estimate of drug-likeness (QED) is 0.665. The fourth-order valence-corrected chi connectivity index (χ4v) is 2.55. The van der Waals surface area contributed by atoms with Crippen LogP contribution in [0.25, 0.3) is 0 Å². The van der Waals surface area contributed by atoms with Crippen LogP contribution in [0.3, 0.4) is 0 Å². The second-order valence-electron chi connectivity index (χ2n) is 4.70. The molecular weight excluding hydrogens is 238 g/mol. The fraction of sp³-hybridized carbons (Fsp3) is 0.583. The molecule has 1 N–H and O–H groups in total. The molecule has 1 aromatic heterocycles. The molecule has 1 aromatic rings. The highest BCUT2D eigenvalue weighted by atomic mass is 35.5. The zero-order chi connectivity index (χ0) is 12.4. The van der Waals surface area contributed by atoms with E-state index in [0.717, 1.165) is 18.8 Å². The number of aromatic nitrogens is 2. The van der Waals surface area contributed by atoms with Crippen molar-refractivity contribution in [1.82, 2.24) is 9.97 Å². The van der Waals surface area contributed by atoms with E-state index in [2.05, 4.69) is 22.2 Å². The lowest BCUT2D eigenvalue weighted by Crippen LogP contribution is -2.18. The van der Waals surface area contributed by atoms with Crippen LogP contribution in [-0.4, -0.2) is 22.3 Å². The molecule has 0 amide bonds. The average Bonchev–Trinajstić information content (AvgIpc) is 2.63. The normalized spacial score (nSPS) is 23.7. The largest absolute Gasteiger partial charge is 0.367 e. The van der Waals surface area contributed by atoms with Crippen LogP contribution >= 0.6 is 11.6 Å². The fourth-order valence-electron chi connectivity index (χ4n) is 2.29. The Morgan fingerprint density at radius 3 is 2.76 bits per heavy atom. The van der Waals surface area contributed by atoms with Gasteiger partial charge in [-0.15, -0.1) is 0 Å². The molecule has 92 valence electrons. The van der Waals surface area contributed by atoms with Gasteiger partial charge in [0.15, 0.2) is 6.29 Å². The lowest BCUT2D eigenvalue weighted by atomic mass is 10.1. The van der Waals surface area contributed by atoms with Crippen molar-refractivity contribution >= 4 is 23.7 Å². The molecule has 0 saturated heterocycles. The Labute approximate surface area is 106 Å². The lowest BCUT2D eigenvalue weighted by molar-refractivity contribution is 0.112. The number of hydrogen-bond acceptors (Lipinski definition) is 4. The van der Waals surface area contributed by atoms with Crippen LogP contribution in [0.2, 0.25) is 5.15 Å². The van der Waals surface area contributed by atoms with E-state index in [1.165, 1.54) is 6.42 Å². The van der Waals surface area contributed by atoms with Crippen LogP contribution in [0.15, 0.2) is 0 Å². The minimum atomic E-state index is 0.223. The number of nitrogens with one attached hydrogen (secondary N) is 1. The summed E-state index contributed by atoms with van der Waals surface area (Å²) in [5.74, 6) is 1.87. The van der Waals surface area contributed by atoms with Crippen LogP contribution in [0.5, 0.6) is 0 Å². The number of hydrogen-bond donors (Lipinski definition) is 1. The second kappa shape index (κ2) is 5.00. The summed E-state index contributed by atoms with van der Waals surface area (Å²) in [7, 11) is 0. The molecule has 5 heteroatoms. The average molecular weight is 254 g/mol. The molecule has 1 saturated carbocycles. The van der Waals surface area contributed by atoms with Gasteiger partial charge in [0.25, 0.3) is 0 Å². The van der Waals surface area contributed by atoms with Gasteiger partial charge in [-0.1, -0.05) is 18.5 Å². The highest BCUT2D eigenvalue weighted by molar-refractivity contribution is 6.32. The molecule has 0 aliphatic heterocycles. The van der Waals surface area contributed by atoms with Crippen LogP contribution in [0.1, 0.15) is 42.4 Å². The zero-order valence-corrected chi connectivity index (χ0v) is 10.8. The third-order valence-electron chi connectivity index (χ3n) is 3.16. The SMILES string of the molecule is Cc1nc(Cl)c(C=O)c(NC2CCC(C)C2)n1. The van der Waals surface area contributed by atoms with Gasteiger partial charge in [0.05, 0.1) is 5.56 Å². The van der Waals surface area contributed by atoms with Crippen molar-refractivity contribution < 1.29 is 4.79 Å². The Hall–Kier alpha value is -1.16. The third kappa shape index (κ3) is 2.75. The number of halogens is 1. The van der Waals surface area contributed by atoms with Crippen molar-refractivity contribution in [1.29, 1.82) is 0 Å². The molecule has 1 aliphatic rings. The van der Waals surface area contributed by atoms with Crippen LogP contribution in [-0.2, 0) is 0 Å². The van der Waals surface area contributed by atoms with E-state index in [4.69, 9.17) is 11.6 Å². The summed E-state index contributed by atoms with van der Waals surface area (Å²) in [6.45, 7) is 4.00. The molecule has 1 fully saturated rings. The summed E-state index contributed by atoms with van der Waals surface area (Å²) in [5, 5.41) is 3.53. The Morgan fingerprint density at radius 1 is 1.41 bits per heavy atom. The minimum absolute atomic E-state index is 0.223. The maximum Gasteiger partial charge on any atom is 0.156 e. The van der Waals surface area contributed by atoms with Gasteiger partial charge in [0.1, 0.15) is 16.8 Å². The van der Waals surface area contributed by atoms with Crippen molar-refractivity contribution in [2.24, 2.45) is 5.92 Å². The highest BCUT2D eigenvalue weighted by Crippen LogP contribution is 2.28. The Balaban J connectivity index is 2.22. The maximum atomic E-state index is 11.0. The van der Waals surface area contributed by atoms with Gasteiger partial charge < -0.3 is 5.32 Å². The first-order valence-electron chi connectivity index (χ1n) is 5.86. The van der Waals surface area contributed by atoms with Crippen molar-refractivity contribution in [3.05, 3.63) is 16.5 Å². The summed E-state index contributed by atoms with van der Waals surface area (Å²) in [6.07, 6.45) is 4.15. The lowest BCUT2D eigenvalue weighted by Gasteiger charge is -2.15. The number of nitrogens with zero attached hydrogens (tertiary/aromatic N) is 2. The molecule has 4 nitrogen and oxygen atoms in total. The number of carbonyl (C=O) groups is 1. The Bertz CT molecular complexity index is 436. The van der Waals surface area contributed by atoms with Gasteiger partial charge in [0.2, 0.25) is 0 Å². The van der Waals surface area contributed by atoms with Crippen molar-refractivity contribution in [2.45, 2.75) is 39.2 Å². The molecule has 17 heavy (non-hydrogen) atoms. The summed E-state index contributed by atoms with van der Waals surface area (Å²) in [4.78, 5) is 19.2. The molecule has 2 atom stereocenters. The first-order chi connectivity index (χ1) is 8.10. The Morgan fingerprint density at radius 2 is 2.18 bits per heavy atom. The number of aldehydes is 1. The zero-order valence-electron chi connectivity index (χ0n) is 10.0. The smallest absolute Gasteiger partial charge is 0.156 e. The van der Waals surface area contributed by atoms with Gasteiger partial charge in [-0.3, -0.25) is 4.79 Å². The third-order valence-corrected chi connectivity index (χ3v) is 3.45. The molecule has 0 bridgehead atoms. The van der Waals surface area contributed by atoms with Gasteiger partial charge in [-0.05, 0) is 32.1 Å². The van der Waals surface area contributed by atoms with E-state index < -0.39 is 0 Å². The Kier molecular flexibility index (Phi) is 3.62. The predicted octanol–water partition coefficient (Wildman–Crippen LogP) is 2.85. The first-order valence-corrected chi connectivity index (χ1v) is 6.23. The number of anilines is 1. The van der Waals surface area contributed by atoms with E-state index in [-0.39, 0.29) is 5.15 Å². The van der Waals surface area contributed by atoms with Gasteiger partial charge in [-0.2, -0.15) is 0 Å². The minimum Gasteiger partial charge on any atom is -0.367 e. The molecule has 0 aromatic carbocycles. The van der Waals surface area contributed by atoms with Gasteiger partial charge in [-0.25, -0.2) is 9.97 Å². The van der Waals surface area contributed by atoms with Crippen molar-refractivity contribution in [3.63, 3.8) is 0 Å². The van der Waals surface area contributed by atoms with Crippen LogP contribution in [0, 0.1) is 12.8 Å². The monoisotopic (exact) mass is 253 g/mol. The number of aryl methyl sites for hydroxylation is 1. The number of rotatable bonds is 3. The van der Waals surface area contributed by atoms with Gasteiger partial charge in [0, 0.05) is 6.04 Å². The molecule has 2 unspecified atom stereocenters. The summed E-state index contributed by atoms with van der Waals surface area (Å²) < 4.78 is 0. The molecule has 0 radical (unpaired) electrons. The highest BCUT2D eigenvalue weighted by Gasteiger charge is 2.23. The number of carbonyl (C=O) groups excluding carboxylic acids is 1. The summed E-state index contributed by atoms with van der Waals surface area (Å²) in [6, 6.07) is 0.383. The summed E-state index contributed by atoms with van der Waals surface area (Å²) >= 11 is 5.93. The van der Waals surface area contributed by atoms with E-state index in [9.17, 15) is 4.79 Å². The van der Waals surface area contributed by atoms with E-state index in [1.54, 1.807) is 6.92 Å². The second-order valence-corrected chi connectivity index (χ2v) is 5.06. The van der Waals surface area contributed by atoms with E-state index >= 15 is 0 Å². The van der Waals surface area contributed by atoms with E-state index in [0.29, 0.717) is 29.5 Å². The van der Waals surface area contributed by atoms with Crippen LogP contribution < -0.4 is 5.32 Å². The summed E-state index contributed by atoms with van der Waals surface area (Å²) in [5.41, 5.74) is 0.358. The first kappa shape index (κ1) is 12.3.